The summed E-state index contributed by atoms with van der Waals surface area (Å²) < 4.78 is 0. The summed E-state index contributed by atoms with van der Waals surface area (Å²) in [5.74, 6) is -0.902. The predicted octanol–water partition coefficient (Wildman–Crippen LogP) is 4.06. The third-order valence-corrected chi connectivity index (χ3v) is 4.69. The summed E-state index contributed by atoms with van der Waals surface area (Å²) in [5, 5.41) is 6.11. The van der Waals surface area contributed by atoms with Crippen LogP contribution < -0.4 is 10.6 Å². The lowest BCUT2D eigenvalue weighted by molar-refractivity contribution is -0.117. The summed E-state index contributed by atoms with van der Waals surface area (Å²) in [7, 11) is 1.56. The van der Waals surface area contributed by atoms with Crippen molar-refractivity contribution < 1.29 is 9.59 Å². The molecule has 0 aliphatic heterocycles. The number of pyridine rings is 1. The van der Waals surface area contributed by atoms with E-state index in [0.717, 1.165) is 11.1 Å². The number of hydrogen-bond acceptors (Lipinski definition) is 3. The maximum Gasteiger partial charge on any atom is 0.253 e. The number of anilines is 1. The first-order valence-corrected chi connectivity index (χ1v) is 9.22. The fourth-order valence-electron chi connectivity index (χ4n) is 2.96. The molecule has 0 saturated heterocycles. The minimum absolute atomic E-state index is 0.199. The van der Waals surface area contributed by atoms with Crippen molar-refractivity contribution in [3.8, 4) is 0 Å². The maximum absolute atomic E-state index is 13.2. The molecule has 3 rings (SSSR count). The second-order valence-electron chi connectivity index (χ2n) is 6.28. The van der Waals surface area contributed by atoms with E-state index in [1.54, 1.807) is 55.8 Å². The van der Waals surface area contributed by atoms with E-state index < -0.39 is 5.92 Å². The lowest BCUT2D eigenvalue weighted by Gasteiger charge is -2.19. The number of rotatable bonds is 6. The van der Waals surface area contributed by atoms with Crippen molar-refractivity contribution >= 4 is 29.1 Å². The molecule has 2 aromatic carbocycles. The van der Waals surface area contributed by atoms with Crippen molar-refractivity contribution in [2.24, 2.45) is 0 Å². The number of nitrogens with one attached hydrogen (secondary N) is 2. The highest BCUT2D eigenvalue weighted by Gasteiger charge is 2.23. The first-order chi connectivity index (χ1) is 13.6. The molecule has 0 fully saturated rings. The van der Waals surface area contributed by atoms with Crippen LogP contribution in [0.15, 0.2) is 73.1 Å². The molecule has 5 nitrogen and oxygen atoms in total. The third kappa shape index (κ3) is 4.75. The molecule has 1 atom stereocenters. The molecular weight excluding hydrogens is 374 g/mol. The first-order valence-electron chi connectivity index (χ1n) is 8.85. The molecule has 142 valence electrons. The van der Waals surface area contributed by atoms with Crippen LogP contribution in [0.2, 0.25) is 5.02 Å². The predicted molar refractivity (Wildman–Crippen MR) is 111 cm³/mol. The van der Waals surface area contributed by atoms with Crippen molar-refractivity contribution in [3.63, 3.8) is 0 Å². The Morgan fingerprint density at radius 3 is 2.36 bits per heavy atom. The second kappa shape index (κ2) is 9.15. The number of hydrogen-bond donors (Lipinski definition) is 2. The molecule has 1 heterocycles. The minimum atomic E-state index is -0.447. The summed E-state index contributed by atoms with van der Waals surface area (Å²) in [6.45, 7) is 0. The van der Waals surface area contributed by atoms with E-state index in [4.69, 9.17) is 11.6 Å². The summed E-state index contributed by atoms with van der Waals surface area (Å²) in [6, 6.07) is 17.9. The Labute approximate surface area is 168 Å². The Balaban J connectivity index is 1.91. The highest BCUT2D eigenvalue weighted by atomic mass is 35.5. The Morgan fingerprint density at radius 1 is 1.00 bits per heavy atom. The van der Waals surface area contributed by atoms with Crippen LogP contribution in [0.5, 0.6) is 0 Å². The number of amides is 2. The van der Waals surface area contributed by atoms with E-state index in [0.29, 0.717) is 22.7 Å². The average molecular weight is 394 g/mol. The fourth-order valence-corrected chi connectivity index (χ4v) is 3.08. The molecule has 6 heteroatoms. The standard InChI is InChI=1S/C22H20ClN3O2/c1-24-21(27)18-4-2-3-5-20(18)26-22(28)19(14-15-10-12-25-13-11-15)16-6-8-17(23)9-7-16/h2-13,19H,14H2,1H3,(H,24,27)(H,26,28). The first kappa shape index (κ1) is 19.6. The Kier molecular flexibility index (Phi) is 6.40. The van der Waals surface area contributed by atoms with Gasteiger partial charge >= 0.3 is 0 Å². The van der Waals surface area contributed by atoms with Crippen LogP contribution in [-0.4, -0.2) is 23.8 Å². The number of benzene rings is 2. The molecular formula is C22H20ClN3O2. The van der Waals surface area contributed by atoms with Gasteiger partial charge in [0.25, 0.3) is 5.91 Å². The van der Waals surface area contributed by atoms with E-state index in [1.807, 2.05) is 24.3 Å². The van der Waals surface area contributed by atoms with Crippen molar-refractivity contribution in [1.82, 2.24) is 10.3 Å². The van der Waals surface area contributed by atoms with Crippen LogP contribution in [0.1, 0.15) is 27.4 Å². The molecule has 0 spiro atoms. The molecule has 0 bridgehead atoms. The van der Waals surface area contributed by atoms with Gasteiger partial charge in [0.05, 0.1) is 17.2 Å². The zero-order valence-corrected chi connectivity index (χ0v) is 16.1. The number of nitrogens with zero attached hydrogens (tertiary/aromatic N) is 1. The number of carbonyl (C=O) groups excluding carboxylic acids is 2. The van der Waals surface area contributed by atoms with Crippen molar-refractivity contribution in [3.05, 3.63) is 94.8 Å². The normalized spacial score (nSPS) is 11.5. The number of halogens is 1. The SMILES string of the molecule is CNC(=O)c1ccccc1NC(=O)C(Cc1ccncc1)c1ccc(Cl)cc1. The third-order valence-electron chi connectivity index (χ3n) is 4.43. The molecule has 0 radical (unpaired) electrons. The maximum atomic E-state index is 13.2. The molecule has 0 aliphatic rings. The van der Waals surface area contributed by atoms with Gasteiger partial charge in [-0.25, -0.2) is 0 Å². The van der Waals surface area contributed by atoms with E-state index in [1.165, 1.54) is 0 Å². The van der Waals surface area contributed by atoms with Gasteiger partial charge in [-0.15, -0.1) is 0 Å². The largest absolute Gasteiger partial charge is 0.355 e. The highest BCUT2D eigenvalue weighted by Crippen LogP contribution is 2.25. The second-order valence-corrected chi connectivity index (χ2v) is 6.71. The topological polar surface area (TPSA) is 71.1 Å². The lowest BCUT2D eigenvalue weighted by Crippen LogP contribution is -2.26. The van der Waals surface area contributed by atoms with Gasteiger partial charge in [0.15, 0.2) is 0 Å². The van der Waals surface area contributed by atoms with Crippen molar-refractivity contribution in [1.29, 1.82) is 0 Å². The lowest BCUT2D eigenvalue weighted by atomic mass is 9.91. The zero-order chi connectivity index (χ0) is 19.9. The summed E-state index contributed by atoms with van der Waals surface area (Å²) in [5.41, 5.74) is 2.72. The fraction of sp³-hybridized carbons (Fsp3) is 0.136. The molecule has 2 amide bonds. The van der Waals surface area contributed by atoms with Crippen LogP contribution in [0.3, 0.4) is 0 Å². The van der Waals surface area contributed by atoms with Crippen LogP contribution in [0.25, 0.3) is 0 Å². The van der Waals surface area contributed by atoms with Crippen LogP contribution in [-0.2, 0) is 11.2 Å². The zero-order valence-electron chi connectivity index (χ0n) is 15.4. The average Bonchev–Trinajstić information content (AvgIpc) is 2.73. The number of para-hydroxylation sites is 1. The Morgan fingerprint density at radius 2 is 1.68 bits per heavy atom. The van der Waals surface area contributed by atoms with Gasteiger partial charge in [0.2, 0.25) is 5.91 Å². The minimum Gasteiger partial charge on any atom is -0.355 e. The summed E-state index contributed by atoms with van der Waals surface area (Å²) in [4.78, 5) is 29.3. The monoisotopic (exact) mass is 393 g/mol. The Hall–Kier alpha value is -3.18. The molecule has 0 saturated carbocycles. The molecule has 1 aromatic heterocycles. The van der Waals surface area contributed by atoms with Crippen LogP contribution in [0, 0.1) is 0 Å². The van der Waals surface area contributed by atoms with Crippen LogP contribution in [0.4, 0.5) is 5.69 Å². The summed E-state index contributed by atoms with van der Waals surface area (Å²) >= 11 is 6.00. The quantitative estimate of drug-likeness (QED) is 0.663. The molecule has 0 aliphatic carbocycles. The molecule has 1 unspecified atom stereocenters. The van der Waals surface area contributed by atoms with Gasteiger partial charge < -0.3 is 10.6 Å². The van der Waals surface area contributed by atoms with E-state index >= 15 is 0 Å². The van der Waals surface area contributed by atoms with Crippen molar-refractivity contribution in [2.75, 3.05) is 12.4 Å². The van der Waals surface area contributed by atoms with E-state index in [2.05, 4.69) is 15.6 Å². The number of carbonyl (C=O) groups is 2. The van der Waals surface area contributed by atoms with Gasteiger partial charge in [-0.1, -0.05) is 35.9 Å². The van der Waals surface area contributed by atoms with Crippen LogP contribution >= 0.6 is 11.6 Å². The number of aromatic nitrogens is 1. The van der Waals surface area contributed by atoms with Gasteiger partial charge in [0.1, 0.15) is 0 Å². The van der Waals surface area contributed by atoms with E-state index in [9.17, 15) is 9.59 Å². The van der Waals surface area contributed by atoms with Gasteiger partial charge in [-0.2, -0.15) is 0 Å². The van der Waals surface area contributed by atoms with Gasteiger partial charge in [-0.05, 0) is 53.9 Å². The van der Waals surface area contributed by atoms with Gasteiger partial charge in [0, 0.05) is 24.5 Å². The highest BCUT2D eigenvalue weighted by molar-refractivity contribution is 6.30. The molecule has 3 aromatic rings. The Bertz CT molecular complexity index is 959. The van der Waals surface area contributed by atoms with Crippen molar-refractivity contribution in [2.45, 2.75) is 12.3 Å². The van der Waals surface area contributed by atoms with E-state index in [-0.39, 0.29) is 11.8 Å². The summed E-state index contributed by atoms with van der Waals surface area (Å²) in [6.07, 6.45) is 3.90. The molecule has 2 N–H and O–H groups in total. The van der Waals surface area contributed by atoms with Gasteiger partial charge in [-0.3, -0.25) is 14.6 Å². The smallest absolute Gasteiger partial charge is 0.253 e. The molecule has 28 heavy (non-hydrogen) atoms.